The van der Waals surface area contributed by atoms with Crippen molar-refractivity contribution >= 4 is 40.1 Å². The summed E-state index contributed by atoms with van der Waals surface area (Å²) in [6, 6.07) is 12.8. The van der Waals surface area contributed by atoms with Gasteiger partial charge in [0.15, 0.2) is 0 Å². The van der Waals surface area contributed by atoms with Crippen molar-refractivity contribution in [3.8, 4) is 5.75 Å². The Morgan fingerprint density at radius 2 is 2.08 bits per heavy atom. The molecule has 0 fully saturated rings. The van der Waals surface area contributed by atoms with Gasteiger partial charge in [0.2, 0.25) is 5.91 Å². The van der Waals surface area contributed by atoms with Crippen molar-refractivity contribution in [3.63, 3.8) is 0 Å². The number of amides is 1. The van der Waals surface area contributed by atoms with Crippen LogP contribution in [0.15, 0.2) is 42.5 Å². The van der Waals surface area contributed by atoms with Crippen LogP contribution in [-0.4, -0.2) is 29.0 Å². The van der Waals surface area contributed by atoms with Gasteiger partial charge in [0, 0.05) is 18.5 Å². The third-order valence-electron chi connectivity index (χ3n) is 3.74. The summed E-state index contributed by atoms with van der Waals surface area (Å²) in [6.45, 7) is 0. The third kappa shape index (κ3) is 4.44. The Bertz CT molecular complexity index is 862. The van der Waals surface area contributed by atoms with Gasteiger partial charge in [-0.1, -0.05) is 35.3 Å². The number of carbonyl (C=O) groups is 1. The Morgan fingerprint density at radius 3 is 2.80 bits per heavy atom. The molecule has 5 nitrogen and oxygen atoms in total. The lowest BCUT2D eigenvalue weighted by molar-refractivity contribution is -0.122. The first-order valence-corrected chi connectivity index (χ1v) is 8.56. The zero-order chi connectivity index (χ0) is 17.8. The number of para-hydroxylation sites is 2. The summed E-state index contributed by atoms with van der Waals surface area (Å²) in [5.74, 6) is 1.11. The summed E-state index contributed by atoms with van der Waals surface area (Å²) in [7, 11) is 1.59. The molecular weight excluding hydrogens is 361 g/mol. The van der Waals surface area contributed by atoms with Crippen molar-refractivity contribution < 1.29 is 9.53 Å². The van der Waals surface area contributed by atoms with E-state index < -0.39 is 6.10 Å². The van der Waals surface area contributed by atoms with Crippen molar-refractivity contribution in [3.05, 3.63) is 58.3 Å². The number of nitrogens with one attached hydrogen (secondary N) is 2. The molecule has 1 amide bonds. The molecule has 0 aliphatic carbocycles. The lowest BCUT2D eigenvalue weighted by Gasteiger charge is -2.18. The molecule has 7 heteroatoms. The van der Waals surface area contributed by atoms with Gasteiger partial charge in [-0.25, -0.2) is 4.98 Å². The molecule has 0 aliphatic rings. The van der Waals surface area contributed by atoms with Crippen LogP contribution >= 0.6 is 23.2 Å². The summed E-state index contributed by atoms with van der Waals surface area (Å²) >= 11 is 12.1. The van der Waals surface area contributed by atoms with E-state index in [1.54, 1.807) is 25.2 Å². The van der Waals surface area contributed by atoms with E-state index in [0.717, 1.165) is 16.9 Å². The van der Waals surface area contributed by atoms with Gasteiger partial charge in [0.05, 0.1) is 22.5 Å². The van der Waals surface area contributed by atoms with Crippen LogP contribution < -0.4 is 10.1 Å². The second-order valence-electron chi connectivity index (χ2n) is 5.60. The highest BCUT2D eigenvalue weighted by Crippen LogP contribution is 2.29. The monoisotopic (exact) mass is 377 g/mol. The van der Waals surface area contributed by atoms with E-state index in [2.05, 4.69) is 15.3 Å². The molecule has 2 N–H and O–H groups in total. The summed E-state index contributed by atoms with van der Waals surface area (Å²) in [6.07, 6.45) is 0.215. The molecule has 25 heavy (non-hydrogen) atoms. The second-order valence-corrected chi connectivity index (χ2v) is 6.44. The van der Waals surface area contributed by atoms with E-state index in [4.69, 9.17) is 27.9 Å². The molecule has 2 aromatic carbocycles. The van der Waals surface area contributed by atoms with Crippen LogP contribution in [0.25, 0.3) is 11.0 Å². The number of carbonyl (C=O) groups excluding carboxylic acids is 1. The average Bonchev–Trinajstić information content (AvgIpc) is 2.99. The number of benzene rings is 2. The van der Waals surface area contributed by atoms with Crippen molar-refractivity contribution in [2.75, 3.05) is 7.05 Å². The SMILES string of the molecule is CNC(=O)CC(Cc1nc2ccccc2[nH]1)Oc1ccc(Cl)cc1Cl. The highest BCUT2D eigenvalue weighted by atomic mass is 35.5. The molecule has 1 atom stereocenters. The number of hydrogen-bond acceptors (Lipinski definition) is 3. The summed E-state index contributed by atoms with van der Waals surface area (Å²) in [4.78, 5) is 19.6. The zero-order valence-corrected chi connectivity index (χ0v) is 15.1. The molecule has 1 aromatic heterocycles. The zero-order valence-electron chi connectivity index (χ0n) is 13.6. The highest BCUT2D eigenvalue weighted by Gasteiger charge is 2.19. The molecule has 0 radical (unpaired) electrons. The van der Waals surface area contributed by atoms with E-state index in [-0.39, 0.29) is 12.3 Å². The number of rotatable bonds is 6. The molecule has 0 bridgehead atoms. The largest absolute Gasteiger partial charge is 0.488 e. The van der Waals surface area contributed by atoms with Crippen LogP contribution in [0.3, 0.4) is 0 Å². The first-order chi connectivity index (χ1) is 12.0. The normalized spacial score (nSPS) is 12.1. The number of H-pyrrole nitrogens is 1. The number of imidazole rings is 1. The molecule has 0 spiro atoms. The molecular formula is C18H17Cl2N3O2. The Labute approximate surface area is 155 Å². The number of aromatic nitrogens is 2. The smallest absolute Gasteiger partial charge is 0.223 e. The molecule has 130 valence electrons. The number of halogens is 2. The van der Waals surface area contributed by atoms with E-state index in [1.807, 2.05) is 24.3 Å². The van der Waals surface area contributed by atoms with Gasteiger partial charge in [0.25, 0.3) is 0 Å². The number of nitrogens with zero attached hydrogens (tertiary/aromatic N) is 1. The van der Waals surface area contributed by atoms with Crippen LogP contribution in [-0.2, 0) is 11.2 Å². The fourth-order valence-electron chi connectivity index (χ4n) is 2.53. The summed E-state index contributed by atoms with van der Waals surface area (Å²) in [5, 5.41) is 3.54. The maximum Gasteiger partial charge on any atom is 0.223 e. The average molecular weight is 378 g/mol. The fourth-order valence-corrected chi connectivity index (χ4v) is 2.99. The summed E-state index contributed by atoms with van der Waals surface area (Å²) in [5.41, 5.74) is 1.82. The number of ether oxygens (including phenoxy) is 1. The minimum absolute atomic E-state index is 0.119. The maximum atomic E-state index is 11.8. The quantitative estimate of drug-likeness (QED) is 0.682. The highest BCUT2D eigenvalue weighted by molar-refractivity contribution is 6.35. The van der Waals surface area contributed by atoms with E-state index >= 15 is 0 Å². The Hall–Kier alpha value is -2.24. The van der Waals surface area contributed by atoms with Crippen LogP contribution in [0.4, 0.5) is 0 Å². The third-order valence-corrected chi connectivity index (χ3v) is 4.27. The van der Waals surface area contributed by atoms with Gasteiger partial charge in [-0.3, -0.25) is 4.79 Å². The van der Waals surface area contributed by atoms with Gasteiger partial charge < -0.3 is 15.0 Å². The number of aromatic amines is 1. The Kier molecular flexibility index (Phi) is 5.46. The first-order valence-electron chi connectivity index (χ1n) is 7.81. The Balaban J connectivity index is 1.82. The van der Waals surface area contributed by atoms with Gasteiger partial charge in [-0.15, -0.1) is 0 Å². The maximum absolute atomic E-state index is 11.8. The molecule has 0 aliphatic heterocycles. The molecule has 1 unspecified atom stereocenters. The van der Waals surface area contributed by atoms with E-state index in [0.29, 0.717) is 22.2 Å². The fraction of sp³-hybridized carbons (Fsp3) is 0.222. The number of hydrogen-bond donors (Lipinski definition) is 2. The van der Waals surface area contributed by atoms with E-state index in [9.17, 15) is 4.79 Å². The molecule has 3 rings (SSSR count). The van der Waals surface area contributed by atoms with Crippen molar-refractivity contribution in [1.82, 2.24) is 15.3 Å². The minimum Gasteiger partial charge on any atom is -0.488 e. The van der Waals surface area contributed by atoms with Crippen LogP contribution in [0.1, 0.15) is 12.2 Å². The Morgan fingerprint density at radius 1 is 1.28 bits per heavy atom. The topological polar surface area (TPSA) is 67.0 Å². The van der Waals surface area contributed by atoms with Crippen LogP contribution in [0, 0.1) is 0 Å². The predicted octanol–water partition coefficient (Wildman–Crippen LogP) is 4.00. The lowest BCUT2D eigenvalue weighted by Crippen LogP contribution is -2.29. The standard InChI is InChI=1S/C18H17Cl2N3O2/c1-21-18(24)10-12(25-16-7-6-11(19)8-13(16)20)9-17-22-14-4-2-3-5-15(14)23-17/h2-8,12H,9-10H2,1H3,(H,21,24)(H,22,23). The predicted molar refractivity (Wildman–Crippen MR) is 99.4 cm³/mol. The molecule has 0 saturated heterocycles. The van der Waals surface area contributed by atoms with Crippen molar-refractivity contribution in [1.29, 1.82) is 0 Å². The van der Waals surface area contributed by atoms with Gasteiger partial charge in [0.1, 0.15) is 17.7 Å². The number of fused-ring (bicyclic) bond motifs is 1. The molecule has 1 heterocycles. The van der Waals surface area contributed by atoms with Crippen LogP contribution in [0.2, 0.25) is 10.0 Å². The van der Waals surface area contributed by atoms with Crippen molar-refractivity contribution in [2.45, 2.75) is 18.9 Å². The first kappa shape index (κ1) is 17.6. The molecule has 3 aromatic rings. The molecule has 0 saturated carbocycles. The minimum atomic E-state index is -0.417. The van der Waals surface area contributed by atoms with Gasteiger partial charge in [-0.2, -0.15) is 0 Å². The van der Waals surface area contributed by atoms with Gasteiger partial charge in [-0.05, 0) is 30.3 Å². The lowest BCUT2D eigenvalue weighted by atomic mass is 10.1. The summed E-state index contributed by atoms with van der Waals surface area (Å²) < 4.78 is 5.96. The van der Waals surface area contributed by atoms with Crippen molar-refractivity contribution in [2.24, 2.45) is 0 Å². The van der Waals surface area contributed by atoms with Crippen LogP contribution in [0.5, 0.6) is 5.75 Å². The van der Waals surface area contributed by atoms with Gasteiger partial charge >= 0.3 is 0 Å². The second kappa shape index (κ2) is 7.76. The van der Waals surface area contributed by atoms with E-state index in [1.165, 1.54) is 0 Å².